The summed E-state index contributed by atoms with van der Waals surface area (Å²) in [6.07, 6.45) is 1.74. The van der Waals surface area contributed by atoms with Gasteiger partial charge in [0.1, 0.15) is 12.1 Å². The average molecular weight is 583 g/mol. The van der Waals surface area contributed by atoms with Gasteiger partial charge in [0.15, 0.2) is 0 Å². The Bertz CT molecular complexity index is 1550. The zero-order valence-electron chi connectivity index (χ0n) is 22.0. The number of hydrogen-bond donors (Lipinski definition) is 2. The maximum Gasteiger partial charge on any atom is 0.251 e. The van der Waals surface area contributed by atoms with Crippen molar-refractivity contribution in [2.45, 2.75) is 49.2 Å². The number of sulfonamides is 1. The summed E-state index contributed by atoms with van der Waals surface area (Å²) in [7, 11) is -3.98. The van der Waals surface area contributed by atoms with Gasteiger partial charge in [-0.15, -0.1) is 0 Å². The first kappa shape index (κ1) is 28.1. The Morgan fingerprint density at radius 2 is 1.70 bits per heavy atom. The number of fused-ring (bicyclic) bond motifs is 1. The maximum absolute atomic E-state index is 13.4. The Morgan fingerprint density at radius 3 is 2.48 bits per heavy atom. The van der Waals surface area contributed by atoms with E-state index >= 15 is 0 Å². The van der Waals surface area contributed by atoms with E-state index in [9.17, 15) is 22.8 Å². The molecule has 2 aliphatic heterocycles. The van der Waals surface area contributed by atoms with Crippen molar-refractivity contribution in [2.24, 2.45) is 0 Å². The molecule has 2 saturated heterocycles. The summed E-state index contributed by atoms with van der Waals surface area (Å²) in [5.41, 5.74) is 0.559. The van der Waals surface area contributed by atoms with E-state index in [1.807, 2.05) is 6.07 Å². The summed E-state index contributed by atoms with van der Waals surface area (Å²) in [5, 5.41) is 5.08. The van der Waals surface area contributed by atoms with E-state index in [2.05, 4.69) is 10.0 Å². The number of carbonyl (C=O) groups excluding carboxylic acids is 3. The van der Waals surface area contributed by atoms with Crippen molar-refractivity contribution in [3.8, 4) is 0 Å². The Labute approximate surface area is 238 Å². The number of benzene rings is 3. The third-order valence-corrected chi connectivity index (χ3v) is 9.25. The van der Waals surface area contributed by atoms with Gasteiger partial charge in [-0.25, -0.2) is 8.42 Å². The first-order valence-electron chi connectivity index (χ1n) is 13.3. The highest BCUT2D eigenvalue weighted by atomic mass is 35.5. The number of amides is 3. The molecule has 0 bridgehead atoms. The topological polar surface area (TPSA) is 116 Å². The predicted molar refractivity (Wildman–Crippen MR) is 152 cm³/mol. The van der Waals surface area contributed by atoms with Gasteiger partial charge < -0.3 is 15.1 Å². The molecule has 210 valence electrons. The lowest BCUT2D eigenvalue weighted by molar-refractivity contribution is -0.144. The minimum atomic E-state index is -3.98. The standard InChI is InChI=1S/C29H31ClN4O5S/c1-19(28(36)33-14-5-8-24(18-33)31-27(35)20-6-3-2-4-7-20)34-15-13-26(29(34)37)32-40(38,39)25-12-10-21-16-23(30)11-9-22(21)17-25/h2-4,6-7,9-12,16-17,19,24,26,32H,5,8,13-15,18H2,1H3,(H,31,35). The molecule has 3 amide bonds. The number of halogens is 1. The minimum Gasteiger partial charge on any atom is -0.348 e. The van der Waals surface area contributed by atoms with Crippen molar-refractivity contribution in [3.63, 3.8) is 0 Å². The van der Waals surface area contributed by atoms with Crippen LogP contribution in [0.4, 0.5) is 0 Å². The second kappa shape index (κ2) is 11.6. The Balaban J connectivity index is 1.20. The molecule has 0 radical (unpaired) electrons. The van der Waals surface area contributed by atoms with Crippen LogP contribution in [-0.4, -0.2) is 73.7 Å². The number of likely N-dealkylation sites (tertiary alicyclic amines) is 2. The van der Waals surface area contributed by atoms with Gasteiger partial charge in [-0.1, -0.05) is 41.9 Å². The largest absolute Gasteiger partial charge is 0.348 e. The van der Waals surface area contributed by atoms with E-state index in [0.717, 1.165) is 18.2 Å². The van der Waals surface area contributed by atoms with Crippen molar-refractivity contribution in [1.29, 1.82) is 0 Å². The van der Waals surface area contributed by atoms with Crippen molar-refractivity contribution >= 4 is 50.1 Å². The highest BCUT2D eigenvalue weighted by Crippen LogP contribution is 2.24. The smallest absolute Gasteiger partial charge is 0.251 e. The maximum atomic E-state index is 13.4. The number of nitrogens with one attached hydrogen (secondary N) is 2. The molecule has 40 heavy (non-hydrogen) atoms. The van der Waals surface area contributed by atoms with Gasteiger partial charge in [0, 0.05) is 36.3 Å². The van der Waals surface area contributed by atoms with Gasteiger partial charge in [0.25, 0.3) is 5.91 Å². The molecule has 0 spiro atoms. The highest BCUT2D eigenvalue weighted by molar-refractivity contribution is 7.89. The molecule has 0 aromatic heterocycles. The van der Waals surface area contributed by atoms with Crippen molar-refractivity contribution in [3.05, 3.63) is 77.3 Å². The summed E-state index contributed by atoms with van der Waals surface area (Å²) in [6.45, 7) is 2.81. The lowest BCUT2D eigenvalue weighted by Crippen LogP contribution is -2.55. The third-order valence-electron chi connectivity index (χ3n) is 7.55. The summed E-state index contributed by atoms with van der Waals surface area (Å²) < 4.78 is 28.7. The van der Waals surface area contributed by atoms with E-state index in [4.69, 9.17) is 11.6 Å². The van der Waals surface area contributed by atoms with Crippen LogP contribution in [0.25, 0.3) is 10.8 Å². The molecule has 3 aromatic carbocycles. The van der Waals surface area contributed by atoms with Gasteiger partial charge in [0.05, 0.1) is 4.90 Å². The number of hydrogen-bond acceptors (Lipinski definition) is 5. The lowest BCUT2D eigenvalue weighted by atomic mass is 10.0. The van der Waals surface area contributed by atoms with Crippen LogP contribution in [0.3, 0.4) is 0 Å². The van der Waals surface area contributed by atoms with Gasteiger partial charge in [-0.2, -0.15) is 4.72 Å². The Hall–Kier alpha value is -3.47. The fraction of sp³-hybridized carbons (Fsp3) is 0.345. The van der Waals surface area contributed by atoms with E-state index in [1.165, 1.54) is 11.0 Å². The van der Waals surface area contributed by atoms with E-state index < -0.39 is 28.0 Å². The number of piperidine rings is 1. The molecule has 2 fully saturated rings. The van der Waals surface area contributed by atoms with Crippen LogP contribution in [0.5, 0.6) is 0 Å². The van der Waals surface area contributed by atoms with Crippen molar-refractivity contribution in [1.82, 2.24) is 19.8 Å². The third kappa shape index (κ3) is 5.99. The minimum absolute atomic E-state index is 0.0506. The van der Waals surface area contributed by atoms with Crippen LogP contribution in [0.2, 0.25) is 5.02 Å². The summed E-state index contributed by atoms with van der Waals surface area (Å²) in [4.78, 5) is 42.3. The zero-order valence-corrected chi connectivity index (χ0v) is 23.6. The van der Waals surface area contributed by atoms with Crippen molar-refractivity contribution < 1.29 is 22.8 Å². The lowest BCUT2D eigenvalue weighted by Gasteiger charge is -2.36. The van der Waals surface area contributed by atoms with Crippen LogP contribution in [0.1, 0.15) is 36.5 Å². The van der Waals surface area contributed by atoms with Crippen LogP contribution in [0, 0.1) is 0 Å². The SMILES string of the molecule is CC(C(=O)N1CCCC(NC(=O)c2ccccc2)C1)N1CCC(NS(=O)(=O)c2ccc3cc(Cl)ccc3c2)C1=O. The van der Waals surface area contributed by atoms with E-state index in [-0.39, 0.29) is 35.7 Å². The van der Waals surface area contributed by atoms with Crippen molar-refractivity contribution in [2.75, 3.05) is 19.6 Å². The first-order chi connectivity index (χ1) is 19.1. The summed E-state index contributed by atoms with van der Waals surface area (Å²) >= 11 is 6.02. The first-order valence-corrected chi connectivity index (χ1v) is 15.2. The molecule has 3 unspecified atom stereocenters. The van der Waals surface area contributed by atoms with Gasteiger partial charge in [-0.05, 0) is 73.4 Å². The summed E-state index contributed by atoms with van der Waals surface area (Å²) in [5.74, 6) is -0.834. The van der Waals surface area contributed by atoms with Crippen LogP contribution >= 0.6 is 11.6 Å². The molecule has 5 rings (SSSR count). The molecule has 2 N–H and O–H groups in total. The quantitative estimate of drug-likeness (QED) is 0.444. The highest BCUT2D eigenvalue weighted by Gasteiger charge is 2.40. The normalized spacial score (nSPS) is 20.5. The Morgan fingerprint density at radius 1 is 0.975 bits per heavy atom. The molecule has 3 aromatic rings. The van der Waals surface area contributed by atoms with Gasteiger partial charge >= 0.3 is 0 Å². The fourth-order valence-electron chi connectivity index (χ4n) is 5.36. The molecule has 2 heterocycles. The molecule has 11 heteroatoms. The fourth-order valence-corrected chi connectivity index (χ4v) is 6.80. The van der Waals surface area contributed by atoms with E-state index in [0.29, 0.717) is 29.1 Å². The molecular weight excluding hydrogens is 552 g/mol. The number of carbonyl (C=O) groups is 3. The van der Waals surface area contributed by atoms with Gasteiger partial charge in [0.2, 0.25) is 21.8 Å². The number of nitrogens with zero attached hydrogens (tertiary/aromatic N) is 2. The molecule has 2 aliphatic rings. The molecular formula is C29H31ClN4O5S. The summed E-state index contributed by atoms with van der Waals surface area (Å²) in [6, 6.07) is 16.9. The van der Waals surface area contributed by atoms with Gasteiger partial charge in [-0.3, -0.25) is 14.4 Å². The van der Waals surface area contributed by atoms with Crippen LogP contribution < -0.4 is 10.0 Å². The van der Waals surface area contributed by atoms with E-state index in [1.54, 1.807) is 66.4 Å². The predicted octanol–water partition coefficient (Wildman–Crippen LogP) is 3.18. The number of rotatable bonds is 7. The zero-order chi connectivity index (χ0) is 28.4. The molecule has 3 atom stereocenters. The molecule has 9 nitrogen and oxygen atoms in total. The monoisotopic (exact) mass is 582 g/mol. The van der Waals surface area contributed by atoms with Crippen LogP contribution in [0.15, 0.2) is 71.6 Å². The Kier molecular flexibility index (Phi) is 8.11. The average Bonchev–Trinajstić information content (AvgIpc) is 3.31. The molecule has 0 saturated carbocycles. The molecule has 0 aliphatic carbocycles. The second-order valence-electron chi connectivity index (χ2n) is 10.3. The second-order valence-corrected chi connectivity index (χ2v) is 12.4. The van der Waals surface area contributed by atoms with Crippen LogP contribution in [-0.2, 0) is 19.6 Å².